The molecule has 0 aliphatic carbocycles. The first kappa shape index (κ1) is 12.6. The molecule has 2 aromatic rings. The summed E-state index contributed by atoms with van der Waals surface area (Å²) in [6.07, 6.45) is 4.18. The summed E-state index contributed by atoms with van der Waals surface area (Å²) in [5, 5.41) is 8.29. The standard InChI is InChI=1S/C12H16N4O2S/c1-8-7-16-12(14-8)19-10(15-16)4-5-13-11(17)9-3-2-6-18-9/h7,9H,2-6H2,1H3,(H,13,17). The summed E-state index contributed by atoms with van der Waals surface area (Å²) in [4.78, 5) is 17.0. The predicted molar refractivity (Wildman–Crippen MR) is 71.3 cm³/mol. The highest BCUT2D eigenvalue weighted by Gasteiger charge is 2.22. The fourth-order valence-electron chi connectivity index (χ4n) is 2.14. The van der Waals surface area contributed by atoms with E-state index in [1.807, 2.05) is 13.1 Å². The number of carbonyl (C=O) groups excluding carboxylic acids is 1. The maximum absolute atomic E-state index is 11.7. The zero-order valence-electron chi connectivity index (χ0n) is 10.8. The van der Waals surface area contributed by atoms with Crippen LogP contribution < -0.4 is 5.32 Å². The molecule has 1 amide bonds. The van der Waals surface area contributed by atoms with Crippen LogP contribution in [0.2, 0.25) is 0 Å². The molecule has 102 valence electrons. The molecule has 19 heavy (non-hydrogen) atoms. The first-order chi connectivity index (χ1) is 9.22. The topological polar surface area (TPSA) is 68.5 Å². The van der Waals surface area contributed by atoms with E-state index in [-0.39, 0.29) is 12.0 Å². The number of aryl methyl sites for hydroxylation is 1. The Morgan fingerprint density at radius 3 is 3.32 bits per heavy atom. The molecule has 1 aliphatic rings. The number of rotatable bonds is 4. The monoisotopic (exact) mass is 280 g/mol. The zero-order valence-corrected chi connectivity index (χ0v) is 11.6. The van der Waals surface area contributed by atoms with Crippen LogP contribution in [0.4, 0.5) is 0 Å². The minimum absolute atomic E-state index is 0.00493. The van der Waals surface area contributed by atoms with Crippen LogP contribution in [0.1, 0.15) is 23.5 Å². The minimum Gasteiger partial charge on any atom is -0.368 e. The average molecular weight is 280 g/mol. The zero-order chi connectivity index (χ0) is 13.2. The second-order valence-electron chi connectivity index (χ2n) is 4.65. The number of carbonyl (C=O) groups is 1. The van der Waals surface area contributed by atoms with Gasteiger partial charge in [0.05, 0.1) is 11.9 Å². The van der Waals surface area contributed by atoms with Gasteiger partial charge in [-0.3, -0.25) is 4.79 Å². The summed E-state index contributed by atoms with van der Waals surface area (Å²) < 4.78 is 7.12. The van der Waals surface area contributed by atoms with Crippen molar-refractivity contribution in [2.45, 2.75) is 32.3 Å². The van der Waals surface area contributed by atoms with Gasteiger partial charge in [-0.05, 0) is 19.8 Å². The third-order valence-electron chi connectivity index (χ3n) is 3.07. The van der Waals surface area contributed by atoms with Crippen molar-refractivity contribution in [1.29, 1.82) is 0 Å². The van der Waals surface area contributed by atoms with Gasteiger partial charge >= 0.3 is 0 Å². The minimum atomic E-state index is -0.253. The molecule has 1 N–H and O–H groups in total. The third kappa shape index (κ3) is 2.76. The Hall–Kier alpha value is -1.47. The highest BCUT2D eigenvalue weighted by molar-refractivity contribution is 7.16. The van der Waals surface area contributed by atoms with Crippen LogP contribution in [0.25, 0.3) is 4.96 Å². The van der Waals surface area contributed by atoms with Crippen molar-refractivity contribution in [2.75, 3.05) is 13.2 Å². The van der Waals surface area contributed by atoms with E-state index in [1.54, 1.807) is 15.9 Å². The Labute approximate surface area is 114 Å². The molecule has 1 atom stereocenters. The quantitative estimate of drug-likeness (QED) is 0.905. The highest BCUT2D eigenvalue weighted by Crippen LogP contribution is 2.15. The van der Waals surface area contributed by atoms with Crippen molar-refractivity contribution < 1.29 is 9.53 Å². The van der Waals surface area contributed by atoms with Gasteiger partial charge in [0.1, 0.15) is 11.1 Å². The van der Waals surface area contributed by atoms with Gasteiger partial charge in [-0.1, -0.05) is 11.3 Å². The molecule has 1 unspecified atom stereocenters. The smallest absolute Gasteiger partial charge is 0.249 e. The van der Waals surface area contributed by atoms with E-state index in [2.05, 4.69) is 15.4 Å². The Morgan fingerprint density at radius 2 is 2.58 bits per heavy atom. The largest absolute Gasteiger partial charge is 0.368 e. The Bertz CT molecular complexity index is 554. The van der Waals surface area contributed by atoms with Crippen LogP contribution in [0.15, 0.2) is 6.20 Å². The van der Waals surface area contributed by atoms with Gasteiger partial charge in [-0.25, -0.2) is 9.50 Å². The summed E-state index contributed by atoms with van der Waals surface area (Å²) in [5.74, 6) is -0.00493. The lowest BCUT2D eigenvalue weighted by Gasteiger charge is -2.09. The second-order valence-corrected chi connectivity index (χ2v) is 5.69. The molecule has 3 heterocycles. The van der Waals surface area contributed by atoms with Crippen LogP contribution in [0.3, 0.4) is 0 Å². The summed E-state index contributed by atoms with van der Waals surface area (Å²) in [7, 11) is 0. The van der Waals surface area contributed by atoms with E-state index >= 15 is 0 Å². The van der Waals surface area contributed by atoms with Gasteiger partial charge < -0.3 is 10.1 Å². The summed E-state index contributed by atoms with van der Waals surface area (Å²) in [5.41, 5.74) is 0.969. The van der Waals surface area contributed by atoms with Crippen molar-refractivity contribution in [3.63, 3.8) is 0 Å². The fourth-order valence-corrected chi connectivity index (χ4v) is 3.06. The first-order valence-electron chi connectivity index (χ1n) is 6.43. The molecule has 0 spiro atoms. The summed E-state index contributed by atoms with van der Waals surface area (Å²) in [6, 6.07) is 0. The number of hydrogen-bond donors (Lipinski definition) is 1. The molecular weight excluding hydrogens is 264 g/mol. The lowest BCUT2D eigenvalue weighted by Crippen LogP contribution is -2.35. The molecule has 1 fully saturated rings. The molecule has 0 saturated carbocycles. The number of hydrogen-bond acceptors (Lipinski definition) is 5. The molecule has 1 saturated heterocycles. The van der Waals surface area contributed by atoms with Crippen molar-refractivity contribution in [2.24, 2.45) is 0 Å². The molecule has 0 aromatic carbocycles. The van der Waals surface area contributed by atoms with Crippen molar-refractivity contribution >= 4 is 22.2 Å². The van der Waals surface area contributed by atoms with Crippen LogP contribution in [-0.2, 0) is 16.0 Å². The molecule has 3 rings (SSSR count). The number of ether oxygens (including phenoxy) is 1. The van der Waals surface area contributed by atoms with Gasteiger partial charge in [0.2, 0.25) is 10.9 Å². The third-order valence-corrected chi connectivity index (χ3v) is 4.05. The Balaban J connectivity index is 1.51. The number of fused-ring (bicyclic) bond motifs is 1. The van der Waals surface area contributed by atoms with Gasteiger partial charge in [0.25, 0.3) is 0 Å². The number of nitrogens with zero attached hydrogens (tertiary/aromatic N) is 3. The van der Waals surface area contributed by atoms with E-state index in [0.717, 1.165) is 34.9 Å². The van der Waals surface area contributed by atoms with Crippen molar-refractivity contribution in [1.82, 2.24) is 19.9 Å². The van der Waals surface area contributed by atoms with Gasteiger partial charge in [-0.2, -0.15) is 5.10 Å². The molecule has 7 heteroatoms. The van der Waals surface area contributed by atoms with Crippen LogP contribution >= 0.6 is 11.3 Å². The first-order valence-corrected chi connectivity index (χ1v) is 7.25. The lowest BCUT2D eigenvalue weighted by atomic mass is 10.2. The van der Waals surface area contributed by atoms with Crippen molar-refractivity contribution in [3.05, 3.63) is 16.9 Å². The second kappa shape index (κ2) is 5.26. The Morgan fingerprint density at radius 1 is 1.68 bits per heavy atom. The maximum Gasteiger partial charge on any atom is 0.249 e. The van der Waals surface area contributed by atoms with E-state index in [0.29, 0.717) is 13.2 Å². The molecular formula is C12H16N4O2S. The average Bonchev–Trinajstić information content (AvgIpc) is 3.03. The van der Waals surface area contributed by atoms with Gasteiger partial charge in [-0.15, -0.1) is 0 Å². The van der Waals surface area contributed by atoms with Crippen LogP contribution in [0.5, 0.6) is 0 Å². The normalized spacial score (nSPS) is 19.1. The van der Waals surface area contributed by atoms with E-state index in [4.69, 9.17) is 4.74 Å². The molecule has 6 nitrogen and oxygen atoms in total. The fraction of sp³-hybridized carbons (Fsp3) is 0.583. The van der Waals surface area contributed by atoms with E-state index < -0.39 is 0 Å². The van der Waals surface area contributed by atoms with Gasteiger partial charge in [0, 0.05) is 19.6 Å². The highest BCUT2D eigenvalue weighted by atomic mass is 32.1. The van der Waals surface area contributed by atoms with Crippen LogP contribution in [-0.4, -0.2) is 39.8 Å². The number of imidazole rings is 1. The molecule has 0 radical (unpaired) electrons. The lowest BCUT2D eigenvalue weighted by molar-refractivity contribution is -0.129. The molecule has 0 bridgehead atoms. The number of amides is 1. The van der Waals surface area contributed by atoms with Gasteiger partial charge in [0.15, 0.2) is 0 Å². The predicted octanol–water partition coefficient (Wildman–Crippen LogP) is 0.937. The summed E-state index contributed by atoms with van der Waals surface area (Å²) >= 11 is 1.56. The maximum atomic E-state index is 11.7. The molecule has 2 aromatic heterocycles. The SMILES string of the molecule is Cc1cn2nc(CCNC(=O)C3CCCO3)sc2n1. The van der Waals surface area contributed by atoms with E-state index in [9.17, 15) is 4.79 Å². The summed E-state index contributed by atoms with van der Waals surface area (Å²) in [6.45, 7) is 3.23. The Kier molecular flexibility index (Phi) is 3.48. The van der Waals surface area contributed by atoms with Crippen LogP contribution in [0, 0.1) is 6.92 Å². The number of aromatic nitrogens is 3. The number of nitrogens with one attached hydrogen (secondary N) is 1. The van der Waals surface area contributed by atoms with Crippen molar-refractivity contribution in [3.8, 4) is 0 Å². The van der Waals surface area contributed by atoms with E-state index in [1.165, 1.54) is 0 Å². The molecule has 1 aliphatic heterocycles.